The Kier molecular flexibility index (Phi) is 5.83. The van der Waals surface area contributed by atoms with E-state index in [1.807, 2.05) is 41.3 Å². The van der Waals surface area contributed by atoms with Crippen molar-refractivity contribution in [3.63, 3.8) is 0 Å². The molecule has 4 rings (SSSR count). The highest BCUT2D eigenvalue weighted by molar-refractivity contribution is 5.81. The summed E-state index contributed by atoms with van der Waals surface area (Å²) >= 11 is 0. The molecule has 0 N–H and O–H groups in total. The molecule has 1 aliphatic heterocycles. The van der Waals surface area contributed by atoms with Crippen molar-refractivity contribution in [2.45, 2.75) is 32.0 Å². The van der Waals surface area contributed by atoms with Crippen molar-refractivity contribution < 1.29 is 9.53 Å². The lowest BCUT2D eigenvalue weighted by molar-refractivity contribution is -0.142. The maximum absolute atomic E-state index is 13.1. The summed E-state index contributed by atoms with van der Waals surface area (Å²) in [5, 5.41) is 0. The van der Waals surface area contributed by atoms with Crippen molar-refractivity contribution in [1.82, 2.24) is 4.90 Å². The molecule has 1 atom stereocenters. The SMILES string of the molecule is O=C([C@@H]1CCCO1)N(Cc1ccccc1)Cc1cccc(-c2ccccc2)c1. The van der Waals surface area contributed by atoms with Crippen LogP contribution in [0.4, 0.5) is 0 Å². The minimum Gasteiger partial charge on any atom is -0.368 e. The second kappa shape index (κ2) is 8.85. The van der Waals surface area contributed by atoms with Gasteiger partial charge in [0.2, 0.25) is 0 Å². The van der Waals surface area contributed by atoms with Crippen LogP contribution in [0.25, 0.3) is 11.1 Å². The van der Waals surface area contributed by atoms with E-state index in [0.29, 0.717) is 19.7 Å². The molecule has 1 heterocycles. The zero-order valence-electron chi connectivity index (χ0n) is 16.0. The highest BCUT2D eigenvalue weighted by atomic mass is 16.5. The molecular formula is C25H25NO2. The van der Waals surface area contributed by atoms with Gasteiger partial charge in [-0.25, -0.2) is 0 Å². The molecule has 1 saturated heterocycles. The first kappa shape index (κ1) is 18.5. The molecule has 3 aromatic carbocycles. The number of amides is 1. The van der Waals surface area contributed by atoms with Gasteiger partial charge in [0.05, 0.1) is 0 Å². The topological polar surface area (TPSA) is 29.5 Å². The first-order valence-corrected chi connectivity index (χ1v) is 9.88. The van der Waals surface area contributed by atoms with Crippen molar-refractivity contribution >= 4 is 5.91 Å². The fourth-order valence-corrected chi connectivity index (χ4v) is 3.69. The molecule has 1 aliphatic rings. The molecule has 0 aromatic heterocycles. The normalized spacial score (nSPS) is 16.1. The van der Waals surface area contributed by atoms with Crippen LogP contribution in [-0.4, -0.2) is 23.5 Å². The van der Waals surface area contributed by atoms with E-state index in [2.05, 4.69) is 48.5 Å². The fourth-order valence-electron chi connectivity index (χ4n) is 3.69. The Balaban J connectivity index is 1.57. The minimum absolute atomic E-state index is 0.0893. The Bertz CT molecular complexity index is 902. The van der Waals surface area contributed by atoms with Gasteiger partial charge >= 0.3 is 0 Å². The number of carbonyl (C=O) groups excluding carboxylic acids is 1. The minimum atomic E-state index is -0.305. The van der Waals surface area contributed by atoms with Crippen LogP contribution < -0.4 is 0 Å². The predicted octanol–water partition coefficient (Wildman–Crippen LogP) is 5.06. The smallest absolute Gasteiger partial charge is 0.252 e. The largest absolute Gasteiger partial charge is 0.368 e. The van der Waals surface area contributed by atoms with Gasteiger partial charge in [-0.15, -0.1) is 0 Å². The van der Waals surface area contributed by atoms with E-state index in [1.54, 1.807) is 0 Å². The maximum atomic E-state index is 13.1. The van der Waals surface area contributed by atoms with E-state index >= 15 is 0 Å². The van der Waals surface area contributed by atoms with Crippen molar-refractivity contribution in [2.24, 2.45) is 0 Å². The van der Waals surface area contributed by atoms with Crippen LogP contribution in [0.15, 0.2) is 84.9 Å². The molecule has 0 bridgehead atoms. The van der Waals surface area contributed by atoms with Crippen LogP contribution in [0.1, 0.15) is 24.0 Å². The van der Waals surface area contributed by atoms with Crippen LogP contribution in [0.5, 0.6) is 0 Å². The average molecular weight is 371 g/mol. The summed E-state index contributed by atoms with van der Waals surface area (Å²) in [6.45, 7) is 1.85. The molecule has 28 heavy (non-hydrogen) atoms. The van der Waals surface area contributed by atoms with E-state index in [4.69, 9.17) is 4.74 Å². The van der Waals surface area contributed by atoms with E-state index in [1.165, 1.54) is 11.1 Å². The second-order valence-corrected chi connectivity index (χ2v) is 7.25. The number of carbonyl (C=O) groups is 1. The number of benzene rings is 3. The summed E-state index contributed by atoms with van der Waals surface area (Å²) in [6, 6.07) is 28.9. The lowest BCUT2D eigenvalue weighted by atomic mass is 10.0. The average Bonchev–Trinajstić information content (AvgIpc) is 3.29. The summed E-state index contributed by atoms with van der Waals surface area (Å²) < 4.78 is 5.67. The summed E-state index contributed by atoms with van der Waals surface area (Å²) in [4.78, 5) is 15.0. The molecule has 142 valence electrons. The van der Waals surface area contributed by atoms with Crippen LogP contribution in [0.2, 0.25) is 0 Å². The molecular weight excluding hydrogens is 346 g/mol. The lowest BCUT2D eigenvalue weighted by Gasteiger charge is -2.26. The molecule has 0 aliphatic carbocycles. The zero-order chi connectivity index (χ0) is 19.2. The van der Waals surface area contributed by atoms with Crippen molar-refractivity contribution in [2.75, 3.05) is 6.61 Å². The highest BCUT2D eigenvalue weighted by Crippen LogP contribution is 2.23. The molecule has 3 heteroatoms. The van der Waals surface area contributed by atoms with Gasteiger partial charge in [0.25, 0.3) is 5.91 Å². The third kappa shape index (κ3) is 4.49. The number of rotatable bonds is 6. The fraction of sp³-hybridized carbons (Fsp3) is 0.240. The Morgan fingerprint density at radius 1 is 0.821 bits per heavy atom. The Labute approximate surface area is 166 Å². The van der Waals surface area contributed by atoms with Crippen molar-refractivity contribution in [3.05, 3.63) is 96.1 Å². The third-order valence-corrected chi connectivity index (χ3v) is 5.14. The summed E-state index contributed by atoms with van der Waals surface area (Å²) in [5.41, 5.74) is 4.61. The predicted molar refractivity (Wildman–Crippen MR) is 112 cm³/mol. The molecule has 1 amide bonds. The number of nitrogens with zero attached hydrogens (tertiary/aromatic N) is 1. The summed E-state index contributed by atoms with van der Waals surface area (Å²) in [5.74, 6) is 0.0893. The van der Waals surface area contributed by atoms with Gasteiger partial charge in [-0.2, -0.15) is 0 Å². The zero-order valence-corrected chi connectivity index (χ0v) is 16.0. The van der Waals surface area contributed by atoms with Crippen molar-refractivity contribution in [1.29, 1.82) is 0 Å². The lowest BCUT2D eigenvalue weighted by Crippen LogP contribution is -2.38. The highest BCUT2D eigenvalue weighted by Gasteiger charge is 2.28. The monoisotopic (exact) mass is 371 g/mol. The third-order valence-electron chi connectivity index (χ3n) is 5.14. The Morgan fingerprint density at radius 3 is 2.18 bits per heavy atom. The Morgan fingerprint density at radius 2 is 1.46 bits per heavy atom. The molecule has 3 nitrogen and oxygen atoms in total. The number of hydrogen-bond donors (Lipinski definition) is 0. The first-order valence-electron chi connectivity index (χ1n) is 9.88. The maximum Gasteiger partial charge on any atom is 0.252 e. The van der Waals surface area contributed by atoms with Gasteiger partial charge in [0.1, 0.15) is 6.10 Å². The van der Waals surface area contributed by atoms with E-state index < -0.39 is 0 Å². The molecule has 1 fully saturated rings. The second-order valence-electron chi connectivity index (χ2n) is 7.25. The first-order chi connectivity index (χ1) is 13.8. The van der Waals surface area contributed by atoms with Crippen LogP contribution in [0.3, 0.4) is 0 Å². The molecule has 0 saturated carbocycles. The number of hydrogen-bond acceptors (Lipinski definition) is 2. The van der Waals surface area contributed by atoms with Gasteiger partial charge in [0.15, 0.2) is 0 Å². The Hall–Kier alpha value is -2.91. The van der Waals surface area contributed by atoms with Crippen LogP contribution in [0, 0.1) is 0 Å². The van der Waals surface area contributed by atoms with Gasteiger partial charge < -0.3 is 9.64 Å². The molecule has 0 unspecified atom stereocenters. The van der Waals surface area contributed by atoms with Gasteiger partial charge in [-0.05, 0) is 41.2 Å². The van der Waals surface area contributed by atoms with E-state index in [9.17, 15) is 4.79 Å². The van der Waals surface area contributed by atoms with E-state index in [0.717, 1.165) is 24.0 Å². The van der Waals surface area contributed by atoms with Crippen molar-refractivity contribution in [3.8, 4) is 11.1 Å². The standard InChI is InChI=1S/C25H25NO2/c27-25(24-15-8-16-28-24)26(18-20-9-3-1-4-10-20)19-21-11-7-14-23(17-21)22-12-5-2-6-13-22/h1-7,9-14,17,24H,8,15-16,18-19H2/t24-/m0/s1. The van der Waals surface area contributed by atoms with Crippen LogP contribution in [-0.2, 0) is 22.6 Å². The molecule has 0 spiro atoms. The summed E-state index contributed by atoms with van der Waals surface area (Å²) in [6.07, 6.45) is 1.47. The molecule has 3 aromatic rings. The van der Waals surface area contributed by atoms with Crippen LogP contribution >= 0.6 is 0 Å². The quantitative estimate of drug-likeness (QED) is 0.606. The van der Waals surface area contributed by atoms with Gasteiger partial charge in [-0.1, -0.05) is 78.9 Å². The van der Waals surface area contributed by atoms with E-state index in [-0.39, 0.29) is 12.0 Å². The number of ether oxygens (including phenoxy) is 1. The van der Waals surface area contributed by atoms with Gasteiger partial charge in [0, 0.05) is 19.7 Å². The van der Waals surface area contributed by atoms with Gasteiger partial charge in [-0.3, -0.25) is 4.79 Å². The molecule has 0 radical (unpaired) electrons. The summed E-state index contributed by atoms with van der Waals surface area (Å²) in [7, 11) is 0.